The van der Waals surface area contributed by atoms with Gasteiger partial charge in [-0.25, -0.2) is 4.39 Å². The van der Waals surface area contributed by atoms with Gasteiger partial charge in [-0.15, -0.1) is 0 Å². The molecule has 3 aromatic rings. The van der Waals surface area contributed by atoms with Crippen molar-refractivity contribution in [2.75, 3.05) is 25.7 Å². The van der Waals surface area contributed by atoms with Crippen molar-refractivity contribution in [2.24, 2.45) is 0 Å². The highest BCUT2D eigenvalue weighted by molar-refractivity contribution is 7.80. The van der Waals surface area contributed by atoms with Crippen molar-refractivity contribution in [3.63, 3.8) is 0 Å². The Morgan fingerprint density at radius 1 is 1.00 bits per heavy atom. The SMILES string of the molecule is COC(=O)CN1C(=S)N(c2ccc(OC)cc2)C(=O)C1=Cc1ccccc1OCc1ccccc1F. The number of amides is 1. The monoisotopic (exact) mass is 506 g/mol. The third-order valence-electron chi connectivity index (χ3n) is 5.53. The minimum Gasteiger partial charge on any atom is -0.497 e. The Bertz CT molecular complexity index is 1330. The van der Waals surface area contributed by atoms with Crippen LogP contribution in [0.4, 0.5) is 10.1 Å². The first-order chi connectivity index (χ1) is 17.4. The molecule has 1 aliphatic heterocycles. The van der Waals surface area contributed by atoms with Gasteiger partial charge < -0.3 is 19.1 Å². The predicted molar refractivity (Wildman–Crippen MR) is 137 cm³/mol. The van der Waals surface area contributed by atoms with Gasteiger partial charge in [-0.2, -0.15) is 0 Å². The number of rotatable bonds is 8. The first-order valence-corrected chi connectivity index (χ1v) is 11.4. The maximum atomic E-state index is 14.1. The van der Waals surface area contributed by atoms with E-state index in [9.17, 15) is 14.0 Å². The molecule has 0 N–H and O–H groups in total. The number of ether oxygens (including phenoxy) is 3. The summed E-state index contributed by atoms with van der Waals surface area (Å²) >= 11 is 5.58. The van der Waals surface area contributed by atoms with Crippen molar-refractivity contribution in [2.45, 2.75) is 6.61 Å². The van der Waals surface area contributed by atoms with Crippen LogP contribution in [-0.4, -0.2) is 42.7 Å². The van der Waals surface area contributed by atoms with Crippen LogP contribution in [0.25, 0.3) is 6.08 Å². The summed E-state index contributed by atoms with van der Waals surface area (Å²) in [5.74, 6) is -0.286. The van der Waals surface area contributed by atoms with E-state index in [0.29, 0.717) is 28.3 Å². The molecule has 7 nitrogen and oxygen atoms in total. The fourth-order valence-electron chi connectivity index (χ4n) is 3.64. The van der Waals surface area contributed by atoms with Crippen molar-refractivity contribution >= 4 is 41.0 Å². The van der Waals surface area contributed by atoms with E-state index in [1.54, 1.807) is 79.9 Å². The highest BCUT2D eigenvalue weighted by Gasteiger charge is 2.40. The second kappa shape index (κ2) is 11.0. The molecule has 36 heavy (non-hydrogen) atoms. The topological polar surface area (TPSA) is 68.3 Å². The Hall–Kier alpha value is -4.24. The molecule has 0 aromatic heterocycles. The first kappa shape index (κ1) is 24.9. The Morgan fingerprint density at radius 3 is 2.39 bits per heavy atom. The Morgan fingerprint density at radius 2 is 1.69 bits per heavy atom. The zero-order valence-corrected chi connectivity index (χ0v) is 20.5. The van der Waals surface area contributed by atoms with Crippen molar-refractivity contribution in [3.8, 4) is 11.5 Å². The fourth-order valence-corrected chi connectivity index (χ4v) is 3.99. The Balaban J connectivity index is 1.69. The van der Waals surface area contributed by atoms with Crippen LogP contribution in [0.5, 0.6) is 11.5 Å². The Kier molecular flexibility index (Phi) is 7.60. The Labute approximate surface area is 213 Å². The number of anilines is 1. The molecule has 0 bridgehead atoms. The second-order valence-electron chi connectivity index (χ2n) is 7.73. The maximum absolute atomic E-state index is 14.1. The molecule has 1 fully saturated rings. The summed E-state index contributed by atoms with van der Waals surface area (Å²) in [4.78, 5) is 28.4. The lowest BCUT2D eigenvalue weighted by molar-refractivity contribution is -0.140. The molecule has 1 aliphatic rings. The van der Waals surface area contributed by atoms with E-state index in [0.717, 1.165) is 0 Å². The average Bonchev–Trinajstić information content (AvgIpc) is 3.12. The average molecular weight is 507 g/mol. The smallest absolute Gasteiger partial charge is 0.325 e. The molecule has 0 aliphatic carbocycles. The lowest BCUT2D eigenvalue weighted by Gasteiger charge is -2.19. The molecular formula is C27H23FN2O5S. The molecule has 1 heterocycles. The molecule has 9 heteroatoms. The van der Waals surface area contributed by atoms with Gasteiger partial charge in [-0.1, -0.05) is 36.4 Å². The minimum absolute atomic E-state index is 0.00304. The summed E-state index contributed by atoms with van der Waals surface area (Å²) in [7, 11) is 2.81. The molecule has 0 saturated carbocycles. The van der Waals surface area contributed by atoms with Gasteiger partial charge in [0.25, 0.3) is 5.91 Å². The minimum atomic E-state index is -0.559. The van der Waals surface area contributed by atoms with Gasteiger partial charge >= 0.3 is 5.97 Å². The third kappa shape index (κ3) is 5.21. The summed E-state index contributed by atoms with van der Waals surface area (Å²) in [6.07, 6.45) is 1.60. The zero-order chi connectivity index (χ0) is 25.7. The van der Waals surface area contributed by atoms with Crippen LogP contribution < -0.4 is 14.4 Å². The molecule has 184 valence electrons. The molecular weight excluding hydrogens is 483 g/mol. The lowest BCUT2D eigenvalue weighted by atomic mass is 10.1. The number of carbonyl (C=O) groups excluding carboxylic acids is 2. The quantitative estimate of drug-likeness (QED) is 0.252. The predicted octanol–water partition coefficient (Wildman–Crippen LogP) is 4.56. The van der Waals surface area contributed by atoms with E-state index >= 15 is 0 Å². The normalized spacial score (nSPS) is 14.4. The molecule has 0 spiro atoms. The number of esters is 1. The number of benzene rings is 3. The van der Waals surface area contributed by atoms with E-state index in [2.05, 4.69) is 0 Å². The van der Waals surface area contributed by atoms with Crippen molar-refractivity contribution < 1.29 is 28.2 Å². The van der Waals surface area contributed by atoms with Crippen molar-refractivity contribution in [3.05, 3.63) is 95.4 Å². The summed E-state index contributed by atoms with van der Waals surface area (Å²) in [5.41, 5.74) is 1.65. The van der Waals surface area contributed by atoms with E-state index in [1.165, 1.54) is 23.0 Å². The summed E-state index contributed by atoms with van der Waals surface area (Å²) in [6, 6.07) is 20.2. The number of hydrogen-bond donors (Lipinski definition) is 0. The van der Waals surface area contributed by atoms with Crippen molar-refractivity contribution in [1.29, 1.82) is 0 Å². The highest BCUT2D eigenvalue weighted by Crippen LogP contribution is 2.32. The lowest BCUT2D eigenvalue weighted by Crippen LogP contribution is -2.35. The van der Waals surface area contributed by atoms with E-state index in [-0.39, 0.29) is 29.8 Å². The number of thiocarbonyl (C=S) groups is 1. The summed E-state index contributed by atoms with van der Waals surface area (Å²) < 4.78 is 29.9. The maximum Gasteiger partial charge on any atom is 0.325 e. The fraction of sp³-hybridized carbons (Fsp3) is 0.148. The van der Waals surface area contributed by atoms with Crippen LogP contribution in [0.1, 0.15) is 11.1 Å². The molecule has 0 unspecified atom stereocenters. The number of para-hydroxylation sites is 1. The van der Waals surface area contributed by atoms with Gasteiger partial charge in [0.1, 0.15) is 36.2 Å². The summed E-state index contributed by atoms with van der Waals surface area (Å²) in [5, 5.41) is 0.131. The van der Waals surface area contributed by atoms with Gasteiger partial charge in [-0.3, -0.25) is 14.5 Å². The summed E-state index contributed by atoms with van der Waals surface area (Å²) in [6.45, 7) is -0.249. The molecule has 3 aromatic carbocycles. The van der Waals surface area contributed by atoms with Gasteiger partial charge in [0, 0.05) is 11.1 Å². The van der Waals surface area contributed by atoms with Crippen LogP contribution in [0, 0.1) is 5.82 Å². The molecule has 1 saturated heterocycles. The van der Waals surface area contributed by atoms with Crippen LogP contribution in [0.15, 0.2) is 78.5 Å². The van der Waals surface area contributed by atoms with Crippen LogP contribution in [0.2, 0.25) is 0 Å². The van der Waals surface area contributed by atoms with Gasteiger partial charge in [-0.05, 0) is 54.7 Å². The van der Waals surface area contributed by atoms with Gasteiger partial charge in [0.2, 0.25) is 0 Å². The number of methoxy groups -OCH3 is 2. The van der Waals surface area contributed by atoms with E-state index < -0.39 is 11.9 Å². The molecule has 0 radical (unpaired) electrons. The van der Waals surface area contributed by atoms with Gasteiger partial charge in [0.05, 0.1) is 19.9 Å². The molecule has 4 rings (SSSR count). The number of hydrogen-bond acceptors (Lipinski definition) is 6. The van der Waals surface area contributed by atoms with Crippen LogP contribution in [-0.2, 0) is 20.9 Å². The second-order valence-corrected chi connectivity index (χ2v) is 8.10. The van der Waals surface area contributed by atoms with Crippen LogP contribution >= 0.6 is 12.2 Å². The molecule has 1 amide bonds. The first-order valence-electron chi connectivity index (χ1n) is 11.0. The van der Waals surface area contributed by atoms with E-state index in [1.807, 2.05) is 0 Å². The van der Waals surface area contributed by atoms with E-state index in [4.69, 9.17) is 26.4 Å². The standard InChI is InChI=1S/C27H23FN2O5S/c1-33-21-13-11-20(12-14-21)30-26(32)23(29(27(30)36)16-25(31)34-2)15-18-7-4-6-10-24(18)35-17-19-8-3-5-9-22(19)28/h3-15H,16-17H2,1-2H3. The van der Waals surface area contributed by atoms with Gasteiger partial charge in [0.15, 0.2) is 5.11 Å². The number of halogens is 1. The highest BCUT2D eigenvalue weighted by atomic mass is 32.1. The van der Waals surface area contributed by atoms with Crippen molar-refractivity contribution in [1.82, 2.24) is 4.90 Å². The number of nitrogens with zero attached hydrogens (tertiary/aromatic N) is 2. The van der Waals surface area contributed by atoms with Crippen LogP contribution in [0.3, 0.4) is 0 Å². The molecule has 0 atom stereocenters. The number of carbonyl (C=O) groups is 2. The third-order valence-corrected chi connectivity index (χ3v) is 5.94. The largest absolute Gasteiger partial charge is 0.497 e. The zero-order valence-electron chi connectivity index (χ0n) is 19.6.